The molecular weight excluding hydrogens is 378 g/mol. The van der Waals surface area contributed by atoms with Crippen molar-refractivity contribution < 1.29 is 19.1 Å². The molecule has 144 valence electrons. The van der Waals surface area contributed by atoms with Gasteiger partial charge >= 0.3 is 11.7 Å². The Morgan fingerprint density at radius 2 is 1.93 bits per heavy atom. The zero-order chi connectivity index (χ0) is 20.3. The molecule has 3 rings (SSSR count). The monoisotopic (exact) mass is 397 g/mol. The molecule has 0 aliphatic carbocycles. The molecule has 1 amide bonds. The van der Waals surface area contributed by atoms with Crippen LogP contribution < -0.4 is 10.0 Å². The van der Waals surface area contributed by atoms with Crippen molar-refractivity contribution in [2.24, 2.45) is 0 Å². The first-order valence-corrected chi connectivity index (χ1v) is 9.42. The van der Waals surface area contributed by atoms with Gasteiger partial charge in [0.2, 0.25) is 0 Å². The molecule has 0 spiro atoms. The van der Waals surface area contributed by atoms with Crippen molar-refractivity contribution in [2.75, 3.05) is 11.9 Å². The molecule has 0 bridgehead atoms. The number of anilines is 1. The Hall–Kier alpha value is -3.26. The summed E-state index contributed by atoms with van der Waals surface area (Å²) in [6, 6.07) is 8.54. The lowest BCUT2D eigenvalue weighted by Crippen LogP contribution is -2.35. The van der Waals surface area contributed by atoms with Crippen LogP contribution in [0, 0.1) is 26.0 Å². The first-order chi connectivity index (χ1) is 13.3. The van der Waals surface area contributed by atoms with Gasteiger partial charge in [-0.15, -0.1) is 11.3 Å². The lowest BCUT2D eigenvalue weighted by molar-refractivity contribution is -0.608. The van der Waals surface area contributed by atoms with Crippen LogP contribution >= 0.6 is 11.3 Å². The number of aromatic nitrogens is 2. The molecule has 0 unspecified atom stereocenters. The summed E-state index contributed by atoms with van der Waals surface area (Å²) in [6.07, 6.45) is 1.18. The highest BCUT2D eigenvalue weighted by Crippen LogP contribution is 2.29. The van der Waals surface area contributed by atoms with Crippen LogP contribution in [-0.2, 0) is 9.53 Å². The highest BCUT2D eigenvalue weighted by molar-refractivity contribution is 7.14. The second-order valence-corrected chi connectivity index (χ2v) is 7.18. The molecule has 0 atom stereocenters. The van der Waals surface area contributed by atoms with Gasteiger partial charge in [-0.25, -0.2) is 9.78 Å². The summed E-state index contributed by atoms with van der Waals surface area (Å²) in [5.41, 5.74) is 5.09. The number of ether oxygens (including phenoxy) is 1. The number of nitrogens with one attached hydrogen (secondary N) is 1. The molecule has 0 aliphatic rings. The number of esters is 1. The van der Waals surface area contributed by atoms with Crippen LogP contribution in [-0.4, -0.2) is 23.5 Å². The van der Waals surface area contributed by atoms with Gasteiger partial charge in [0.15, 0.2) is 17.9 Å². The van der Waals surface area contributed by atoms with Crippen LogP contribution in [0.3, 0.4) is 0 Å². The van der Waals surface area contributed by atoms with Gasteiger partial charge in [0, 0.05) is 23.1 Å². The van der Waals surface area contributed by atoms with Crippen molar-refractivity contribution in [1.29, 1.82) is 0 Å². The first kappa shape index (κ1) is 19.5. The Morgan fingerprint density at radius 3 is 2.68 bits per heavy atom. The third-order valence-corrected chi connectivity index (χ3v) is 4.99. The maximum absolute atomic E-state index is 12.0. The molecular formula is C20H19N3O4S. The third kappa shape index (κ3) is 4.34. The Balaban J connectivity index is 1.62. The number of carbonyl (C=O) groups excluding carboxylic acids is 2. The standard InChI is InChI=1S/C20H19N3O4S/c1-12-8-14(3)15(9-13(12)2)16-11-28-20(21-16)22-18(24)10-27-19(25)17-6-4-5-7-23(17)26/h4-9,11H,10H2,1-3H3,(H,21,22,24). The molecule has 7 nitrogen and oxygen atoms in total. The molecule has 3 aromatic rings. The van der Waals surface area contributed by atoms with E-state index in [4.69, 9.17) is 4.74 Å². The molecule has 0 aliphatic heterocycles. The lowest BCUT2D eigenvalue weighted by atomic mass is 9.99. The molecule has 0 radical (unpaired) electrons. The number of amides is 1. The summed E-state index contributed by atoms with van der Waals surface area (Å²) in [6.45, 7) is 5.61. The second kappa shape index (κ2) is 8.18. The van der Waals surface area contributed by atoms with E-state index in [1.54, 1.807) is 0 Å². The highest BCUT2D eigenvalue weighted by atomic mass is 32.1. The number of rotatable bonds is 5. The predicted octanol–water partition coefficient (Wildman–Crippen LogP) is 3.16. The number of thiazole rings is 1. The Labute approximate surface area is 166 Å². The van der Waals surface area contributed by atoms with Gasteiger partial charge in [-0.2, -0.15) is 4.73 Å². The van der Waals surface area contributed by atoms with Gasteiger partial charge in [-0.05, 0) is 49.6 Å². The van der Waals surface area contributed by atoms with Crippen LogP contribution in [0.2, 0.25) is 0 Å². The Morgan fingerprint density at radius 1 is 1.18 bits per heavy atom. The zero-order valence-electron chi connectivity index (χ0n) is 15.7. The van der Waals surface area contributed by atoms with Gasteiger partial charge in [0.05, 0.1) is 5.69 Å². The molecule has 28 heavy (non-hydrogen) atoms. The van der Waals surface area contributed by atoms with E-state index in [0.29, 0.717) is 9.86 Å². The molecule has 0 saturated heterocycles. The van der Waals surface area contributed by atoms with E-state index in [2.05, 4.69) is 29.4 Å². The van der Waals surface area contributed by atoms with Crippen LogP contribution in [0.4, 0.5) is 5.13 Å². The summed E-state index contributed by atoms with van der Waals surface area (Å²) in [7, 11) is 0. The molecule has 2 aromatic heterocycles. The summed E-state index contributed by atoms with van der Waals surface area (Å²) < 4.78 is 5.28. The fourth-order valence-corrected chi connectivity index (χ4v) is 3.36. The molecule has 2 heterocycles. The van der Waals surface area contributed by atoms with Crippen LogP contribution in [0.1, 0.15) is 27.2 Å². The first-order valence-electron chi connectivity index (χ1n) is 8.54. The van der Waals surface area contributed by atoms with E-state index in [1.807, 2.05) is 19.2 Å². The zero-order valence-corrected chi connectivity index (χ0v) is 16.5. The number of pyridine rings is 1. The van der Waals surface area contributed by atoms with E-state index in [1.165, 1.54) is 46.9 Å². The number of carbonyl (C=O) groups is 2. The van der Waals surface area contributed by atoms with Crippen molar-refractivity contribution in [3.8, 4) is 11.3 Å². The van der Waals surface area contributed by atoms with Crippen molar-refractivity contribution in [3.05, 3.63) is 69.5 Å². The number of hydrogen-bond acceptors (Lipinski definition) is 6. The lowest BCUT2D eigenvalue weighted by Gasteiger charge is -2.07. The number of aryl methyl sites for hydroxylation is 3. The predicted molar refractivity (Wildman–Crippen MR) is 106 cm³/mol. The molecule has 8 heteroatoms. The van der Waals surface area contributed by atoms with Crippen LogP contribution in [0.5, 0.6) is 0 Å². The normalized spacial score (nSPS) is 10.5. The fraction of sp³-hybridized carbons (Fsp3) is 0.200. The molecule has 0 saturated carbocycles. The van der Waals surface area contributed by atoms with E-state index >= 15 is 0 Å². The van der Waals surface area contributed by atoms with Gasteiger partial charge < -0.3 is 9.94 Å². The largest absolute Gasteiger partial charge is 0.618 e. The van der Waals surface area contributed by atoms with Gasteiger partial charge in [-0.3, -0.25) is 10.1 Å². The third-order valence-electron chi connectivity index (χ3n) is 4.23. The van der Waals surface area contributed by atoms with E-state index in [-0.39, 0.29) is 5.69 Å². The van der Waals surface area contributed by atoms with Gasteiger partial charge in [0.1, 0.15) is 0 Å². The minimum atomic E-state index is -0.865. The molecule has 0 fully saturated rings. The maximum atomic E-state index is 12.0. The summed E-state index contributed by atoms with van der Waals surface area (Å²) in [5.74, 6) is -1.39. The van der Waals surface area contributed by atoms with Gasteiger partial charge in [-0.1, -0.05) is 6.07 Å². The van der Waals surface area contributed by atoms with Crippen molar-refractivity contribution >= 4 is 28.3 Å². The maximum Gasteiger partial charge on any atom is 0.405 e. The Bertz CT molecular complexity index is 1050. The minimum Gasteiger partial charge on any atom is -0.618 e. The van der Waals surface area contributed by atoms with Crippen molar-refractivity contribution in [2.45, 2.75) is 20.8 Å². The quantitative estimate of drug-likeness (QED) is 0.405. The van der Waals surface area contributed by atoms with Gasteiger partial charge in [0.25, 0.3) is 5.91 Å². The molecule has 1 N–H and O–H groups in total. The summed E-state index contributed by atoms with van der Waals surface area (Å²) in [4.78, 5) is 28.4. The topological polar surface area (TPSA) is 95.2 Å². The molecule has 1 aromatic carbocycles. The van der Waals surface area contributed by atoms with Crippen molar-refractivity contribution in [3.63, 3.8) is 0 Å². The van der Waals surface area contributed by atoms with Crippen LogP contribution in [0.15, 0.2) is 41.9 Å². The summed E-state index contributed by atoms with van der Waals surface area (Å²) >= 11 is 1.29. The van der Waals surface area contributed by atoms with E-state index in [0.717, 1.165) is 16.8 Å². The number of benzene rings is 1. The fourth-order valence-electron chi connectivity index (χ4n) is 2.64. The van der Waals surface area contributed by atoms with E-state index < -0.39 is 18.5 Å². The number of nitrogens with zero attached hydrogens (tertiary/aromatic N) is 2. The minimum absolute atomic E-state index is 0.183. The average Bonchev–Trinajstić information content (AvgIpc) is 3.11. The average molecular weight is 397 g/mol. The summed E-state index contributed by atoms with van der Waals surface area (Å²) in [5, 5.41) is 16.4. The van der Waals surface area contributed by atoms with Crippen molar-refractivity contribution in [1.82, 2.24) is 4.98 Å². The SMILES string of the molecule is Cc1cc(C)c(-c2csc(NC(=O)COC(=O)c3cccc[n+]3[O-])n2)cc1C. The second-order valence-electron chi connectivity index (χ2n) is 6.33. The van der Waals surface area contributed by atoms with Crippen LogP contribution in [0.25, 0.3) is 11.3 Å². The number of hydrogen-bond donors (Lipinski definition) is 1. The Kier molecular flexibility index (Phi) is 5.70. The highest BCUT2D eigenvalue weighted by Gasteiger charge is 2.18. The smallest absolute Gasteiger partial charge is 0.405 e. The van der Waals surface area contributed by atoms with E-state index in [9.17, 15) is 14.8 Å².